The van der Waals surface area contributed by atoms with E-state index in [1.165, 1.54) is 0 Å². The number of rotatable bonds is 4. The Labute approximate surface area is 130 Å². The number of benzene rings is 1. The fraction of sp³-hybridized carbons (Fsp3) is 0.562. The van der Waals surface area contributed by atoms with Crippen molar-refractivity contribution in [3.8, 4) is 0 Å². The van der Waals surface area contributed by atoms with Gasteiger partial charge in [0.25, 0.3) is 5.69 Å². The summed E-state index contributed by atoms with van der Waals surface area (Å²) in [7, 11) is 0. The predicted octanol–water partition coefficient (Wildman–Crippen LogP) is 2.64. The summed E-state index contributed by atoms with van der Waals surface area (Å²) < 4.78 is 0. The number of nitro groups is 1. The van der Waals surface area contributed by atoms with E-state index in [2.05, 4.69) is 10.2 Å². The van der Waals surface area contributed by atoms with Crippen molar-refractivity contribution in [3.63, 3.8) is 0 Å². The Hall–Kier alpha value is -2.11. The van der Waals surface area contributed by atoms with Gasteiger partial charge < -0.3 is 10.2 Å². The molecule has 120 valence electrons. The summed E-state index contributed by atoms with van der Waals surface area (Å²) in [4.78, 5) is 24.5. The molecule has 2 rings (SSSR count). The third-order valence-corrected chi connectivity index (χ3v) is 4.03. The first-order chi connectivity index (χ1) is 10.4. The van der Waals surface area contributed by atoms with Crippen LogP contribution in [0.4, 0.5) is 11.4 Å². The summed E-state index contributed by atoms with van der Waals surface area (Å²) in [6.45, 7) is 7.18. The molecule has 0 radical (unpaired) electrons. The van der Waals surface area contributed by atoms with Gasteiger partial charge in [0.2, 0.25) is 5.91 Å². The van der Waals surface area contributed by atoms with Crippen molar-refractivity contribution in [2.75, 3.05) is 18.0 Å². The summed E-state index contributed by atoms with van der Waals surface area (Å²) in [5.41, 5.74) is 1.79. The number of piperidine rings is 1. The van der Waals surface area contributed by atoms with Gasteiger partial charge in [0.15, 0.2) is 0 Å². The second-order valence-corrected chi connectivity index (χ2v) is 6.18. The first-order valence-corrected chi connectivity index (χ1v) is 7.69. The normalized spacial score (nSPS) is 18.4. The molecule has 1 aromatic rings. The minimum atomic E-state index is -0.360. The molecule has 0 saturated carbocycles. The number of hydrogen-bond acceptors (Lipinski definition) is 4. The Morgan fingerprint density at radius 1 is 1.45 bits per heavy atom. The van der Waals surface area contributed by atoms with Crippen LogP contribution in [0.15, 0.2) is 18.2 Å². The Morgan fingerprint density at radius 3 is 2.77 bits per heavy atom. The van der Waals surface area contributed by atoms with Crippen LogP contribution in [0.1, 0.15) is 32.3 Å². The minimum Gasteiger partial charge on any atom is -0.369 e. The number of aryl methyl sites for hydroxylation is 1. The molecular weight excluding hydrogens is 282 g/mol. The van der Waals surface area contributed by atoms with Crippen molar-refractivity contribution in [2.45, 2.75) is 39.7 Å². The molecule has 1 N–H and O–H groups in total. The Bertz CT molecular complexity index is 572. The summed E-state index contributed by atoms with van der Waals surface area (Å²) in [6.07, 6.45) is 1.97. The summed E-state index contributed by atoms with van der Waals surface area (Å²) in [6, 6.07) is 5.34. The van der Waals surface area contributed by atoms with Crippen molar-refractivity contribution in [3.05, 3.63) is 33.9 Å². The molecule has 0 spiro atoms. The third kappa shape index (κ3) is 3.75. The second kappa shape index (κ2) is 6.77. The number of carbonyl (C=O) groups excluding carboxylic acids is 1. The van der Waals surface area contributed by atoms with E-state index in [0.29, 0.717) is 5.56 Å². The zero-order valence-electron chi connectivity index (χ0n) is 13.3. The number of nitro benzene ring substituents is 1. The maximum absolute atomic E-state index is 11.8. The summed E-state index contributed by atoms with van der Waals surface area (Å²) in [5.74, 6) is 0.0590. The molecule has 1 aliphatic heterocycles. The maximum Gasteiger partial charge on any atom is 0.272 e. The molecule has 1 atom stereocenters. The lowest BCUT2D eigenvalue weighted by Crippen LogP contribution is -2.48. The number of nitrogens with zero attached hydrogens (tertiary/aromatic N) is 2. The number of amides is 1. The lowest BCUT2D eigenvalue weighted by atomic mass is 10.0. The molecule has 1 unspecified atom stereocenters. The Balaban J connectivity index is 2.07. The fourth-order valence-electron chi connectivity index (χ4n) is 2.74. The second-order valence-electron chi connectivity index (χ2n) is 6.18. The molecule has 1 amide bonds. The van der Waals surface area contributed by atoms with Crippen LogP contribution < -0.4 is 10.2 Å². The van der Waals surface area contributed by atoms with Gasteiger partial charge in [-0.05, 0) is 31.9 Å². The van der Waals surface area contributed by atoms with E-state index in [1.807, 2.05) is 19.9 Å². The van der Waals surface area contributed by atoms with Crippen LogP contribution in [0.3, 0.4) is 0 Å². The highest BCUT2D eigenvalue weighted by Crippen LogP contribution is 2.26. The van der Waals surface area contributed by atoms with Gasteiger partial charge >= 0.3 is 0 Å². The van der Waals surface area contributed by atoms with Gasteiger partial charge in [0, 0.05) is 42.4 Å². The van der Waals surface area contributed by atoms with Gasteiger partial charge in [-0.15, -0.1) is 0 Å². The van der Waals surface area contributed by atoms with E-state index >= 15 is 0 Å². The van der Waals surface area contributed by atoms with Crippen LogP contribution in [-0.2, 0) is 4.79 Å². The van der Waals surface area contributed by atoms with Crippen LogP contribution in [-0.4, -0.2) is 30.0 Å². The smallest absolute Gasteiger partial charge is 0.272 e. The van der Waals surface area contributed by atoms with Gasteiger partial charge in [-0.3, -0.25) is 14.9 Å². The summed E-state index contributed by atoms with van der Waals surface area (Å²) >= 11 is 0. The van der Waals surface area contributed by atoms with Gasteiger partial charge in [-0.25, -0.2) is 0 Å². The molecule has 1 aliphatic rings. The van der Waals surface area contributed by atoms with Crippen molar-refractivity contribution in [1.29, 1.82) is 0 Å². The summed E-state index contributed by atoms with van der Waals surface area (Å²) in [5, 5.41) is 14.0. The van der Waals surface area contributed by atoms with Crippen molar-refractivity contribution in [1.82, 2.24) is 5.32 Å². The highest BCUT2D eigenvalue weighted by molar-refractivity contribution is 5.78. The molecular formula is C16H23N3O3. The van der Waals surface area contributed by atoms with E-state index in [1.54, 1.807) is 19.1 Å². The van der Waals surface area contributed by atoms with E-state index in [0.717, 1.165) is 31.6 Å². The fourth-order valence-corrected chi connectivity index (χ4v) is 2.74. The number of nitrogens with one attached hydrogen (secondary N) is 1. The molecule has 1 saturated heterocycles. The molecule has 0 aromatic heterocycles. The monoisotopic (exact) mass is 305 g/mol. The SMILES string of the molecule is Cc1cc(N2CCCC(NC(=O)C(C)C)C2)ccc1[N+](=O)[O-]. The highest BCUT2D eigenvalue weighted by Gasteiger charge is 2.23. The maximum atomic E-state index is 11.8. The van der Waals surface area contributed by atoms with Crippen LogP contribution in [0.5, 0.6) is 0 Å². The Kier molecular flexibility index (Phi) is 5.00. The van der Waals surface area contributed by atoms with Crippen LogP contribution >= 0.6 is 0 Å². The third-order valence-electron chi connectivity index (χ3n) is 4.03. The molecule has 6 nitrogen and oxygen atoms in total. The number of hydrogen-bond donors (Lipinski definition) is 1. The zero-order chi connectivity index (χ0) is 16.3. The first-order valence-electron chi connectivity index (χ1n) is 7.69. The van der Waals surface area contributed by atoms with E-state index < -0.39 is 0 Å². The lowest BCUT2D eigenvalue weighted by molar-refractivity contribution is -0.385. The zero-order valence-corrected chi connectivity index (χ0v) is 13.3. The van der Waals surface area contributed by atoms with Crippen LogP contribution in [0.25, 0.3) is 0 Å². The van der Waals surface area contributed by atoms with Crippen LogP contribution in [0.2, 0.25) is 0 Å². The first kappa shape index (κ1) is 16.3. The van der Waals surface area contributed by atoms with Crippen LogP contribution in [0, 0.1) is 23.0 Å². The number of carbonyl (C=O) groups is 1. The van der Waals surface area contributed by atoms with E-state index in [4.69, 9.17) is 0 Å². The molecule has 0 aliphatic carbocycles. The molecule has 1 aromatic carbocycles. The standard InChI is InChI=1S/C16H23N3O3/c1-11(2)16(20)17-13-5-4-8-18(10-13)14-6-7-15(19(21)22)12(3)9-14/h6-7,9,11,13H,4-5,8,10H2,1-3H3,(H,17,20). The molecule has 1 fully saturated rings. The molecule has 1 heterocycles. The van der Waals surface area contributed by atoms with Gasteiger partial charge in [-0.2, -0.15) is 0 Å². The molecule has 0 bridgehead atoms. The number of anilines is 1. The van der Waals surface area contributed by atoms with Gasteiger partial charge in [0.1, 0.15) is 0 Å². The van der Waals surface area contributed by atoms with Crippen molar-refractivity contribution >= 4 is 17.3 Å². The predicted molar refractivity (Wildman–Crippen MR) is 86.0 cm³/mol. The minimum absolute atomic E-state index is 0.0167. The van der Waals surface area contributed by atoms with Crippen molar-refractivity contribution in [2.24, 2.45) is 5.92 Å². The lowest BCUT2D eigenvalue weighted by Gasteiger charge is -2.35. The average molecular weight is 305 g/mol. The quantitative estimate of drug-likeness (QED) is 0.685. The van der Waals surface area contributed by atoms with Crippen molar-refractivity contribution < 1.29 is 9.72 Å². The molecule has 6 heteroatoms. The van der Waals surface area contributed by atoms with E-state index in [-0.39, 0.29) is 28.5 Å². The van der Waals surface area contributed by atoms with E-state index in [9.17, 15) is 14.9 Å². The Morgan fingerprint density at radius 2 is 2.18 bits per heavy atom. The largest absolute Gasteiger partial charge is 0.369 e. The van der Waals surface area contributed by atoms with Gasteiger partial charge in [-0.1, -0.05) is 13.8 Å². The van der Waals surface area contributed by atoms with Gasteiger partial charge in [0.05, 0.1) is 4.92 Å². The highest BCUT2D eigenvalue weighted by atomic mass is 16.6. The topological polar surface area (TPSA) is 75.5 Å². The average Bonchev–Trinajstić information content (AvgIpc) is 2.46. The molecule has 22 heavy (non-hydrogen) atoms.